The number of hydrogen-bond donors (Lipinski definition) is 2. The molecule has 0 atom stereocenters. The minimum absolute atomic E-state index is 0.232. The average molecular weight is 338 g/mol. The Labute approximate surface area is 125 Å². The Kier molecular flexibility index (Phi) is 4.44. The topological polar surface area (TPSA) is 67.2 Å². The number of aryl methyl sites for hydroxylation is 2. The second-order valence-electron chi connectivity index (χ2n) is 4.44. The number of nitrogens with one attached hydrogen (secondary N) is 1. The first kappa shape index (κ1) is 14.6. The molecule has 106 valence electrons. The van der Waals surface area contributed by atoms with Crippen LogP contribution in [0.15, 0.2) is 28.9 Å². The van der Waals surface area contributed by atoms with Crippen LogP contribution in [-0.2, 0) is 20.0 Å². The van der Waals surface area contributed by atoms with E-state index in [1.165, 1.54) is 11.8 Å². The van der Waals surface area contributed by atoms with Crippen LogP contribution in [-0.4, -0.2) is 20.9 Å². The van der Waals surface area contributed by atoms with Crippen molar-refractivity contribution in [2.45, 2.75) is 19.9 Å². The summed E-state index contributed by atoms with van der Waals surface area (Å²) >= 11 is 3.45. The van der Waals surface area contributed by atoms with Crippen LogP contribution in [0, 0.1) is 0 Å². The Hall–Kier alpha value is -1.82. The zero-order valence-corrected chi connectivity index (χ0v) is 12.9. The summed E-state index contributed by atoms with van der Waals surface area (Å²) in [6.07, 6.45) is 2.28. The van der Waals surface area contributed by atoms with Crippen molar-refractivity contribution >= 4 is 27.6 Å². The molecule has 0 unspecified atom stereocenters. The Morgan fingerprint density at radius 1 is 1.50 bits per heavy atom. The summed E-state index contributed by atoms with van der Waals surface area (Å²) < 4.78 is 2.62. The molecule has 0 saturated carbocycles. The van der Waals surface area contributed by atoms with Crippen molar-refractivity contribution < 1.29 is 9.90 Å². The number of carboxylic acids is 1. The highest BCUT2D eigenvalue weighted by atomic mass is 79.9. The molecule has 0 radical (unpaired) electrons. The lowest BCUT2D eigenvalue weighted by Crippen LogP contribution is -2.11. The molecule has 0 amide bonds. The van der Waals surface area contributed by atoms with Gasteiger partial charge in [0.25, 0.3) is 0 Å². The molecule has 0 aliphatic heterocycles. The largest absolute Gasteiger partial charge is 0.478 e. The molecule has 0 aliphatic rings. The maximum atomic E-state index is 11.1. The fourth-order valence-electron chi connectivity index (χ4n) is 2.06. The lowest BCUT2D eigenvalue weighted by molar-refractivity contribution is 0.0695. The van der Waals surface area contributed by atoms with Gasteiger partial charge in [-0.2, -0.15) is 5.10 Å². The number of halogens is 1. The standard InChI is InChI=1S/C14H16BrN3O2/c1-3-9-6-10(15)4-5-12(9)16-8-13-11(14(19)20)7-17-18(13)2/h4-7,16H,3,8H2,1-2H3,(H,19,20). The first-order valence-electron chi connectivity index (χ1n) is 6.29. The van der Waals surface area contributed by atoms with E-state index in [1.807, 2.05) is 12.1 Å². The average Bonchev–Trinajstić information content (AvgIpc) is 2.78. The third kappa shape index (κ3) is 3.01. The number of nitrogens with zero attached hydrogens (tertiary/aromatic N) is 2. The zero-order chi connectivity index (χ0) is 14.7. The van der Waals surface area contributed by atoms with Gasteiger partial charge in [0.2, 0.25) is 0 Å². The van der Waals surface area contributed by atoms with Gasteiger partial charge in [-0.3, -0.25) is 4.68 Å². The second kappa shape index (κ2) is 6.09. The van der Waals surface area contributed by atoms with E-state index in [0.29, 0.717) is 12.2 Å². The molecule has 0 fully saturated rings. The summed E-state index contributed by atoms with van der Waals surface area (Å²) in [6.45, 7) is 2.51. The summed E-state index contributed by atoms with van der Waals surface area (Å²) in [5.74, 6) is -0.957. The number of carboxylic acid groups (broad SMARTS) is 1. The van der Waals surface area contributed by atoms with Gasteiger partial charge in [-0.15, -0.1) is 0 Å². The summed E-state index contributed by atoms with van der Waals surface area (Å²) in [6, 6.07) is 6.01. The molecular formula is C14H16BrN3O2. The maximum absolute atomic E-state index is 11.1. The highest BCUT2D eigenvalue weighted by Crippen LogP contribution is 2.22. The number of carbonyl (C=O) groups is 1. The monoisotopic (exact) mass is 337 g/mol. The van der Waals surface area contributed by atoms with Crippen molar-refractivity contribution in [1.29, 1.82) is 0 Å². The quantitative estimate of drug-likeness (QED) is 0.879. The first-order chi connectivity index (χ1) is 9.52. The summed E-state index contributed by atoms with van der Waals surface area (Å²) in [5.41, 5.74) is 3.07. The molecule has 5 nitrogen and oxygen atoms in total. The van der Waals surface area contributed by atoms with Gasteiger partial charge in [-0.05, 0) is 30.2 Å². The molecule has 0 aliphatic carbocycles. The Bertz CT molecular complexity index is 637. The van der Waals surface area contributed by atoms with Crippen LogP contribution in [0.3, 0.4) is 0 Å². The molecule has 1 heterocycles. The molecule has 2 aromatic rings. The van der Waals surface area contributed by atoms with E-state index >= 15 is 0 Å². The number of anilines is 1. The Morgan fingerprint density at radius 3 is 2.90 bits per heavy atom. The summed E-state index contributed by atoms with van der Waals surface area (Å²) in [5, 5.41) is 16.4. The highest BCUT2D eigenvalue weighted by molar-refractivity contribution is 9.10. The molecule has 2 N–H and O–H groups in total. The third-order valence-electron chi connectivity index (χ3n) is 3.19. The van der Waals surface area contributed by atoms with Crippen LogP contribution >= 0.6 is 15.9 Å². The lowest BCUT2D eigenvalue weighted by Gasteiger charge is -2.12. The van der Waals surface area contributed by atoms with E-state index in [2.05, 4.69) is 39.3 Å². The minimum atomic E-state index is -0.957. The fourth-order valence-corrected chi connectivity index (χ4v) is 2.47. The van der Waals surface area contributed by atoms with E-state index in [4.69, 9.17) is 5.11 Å². The smallest absolute Gasteiger partial charge is 0.339 e. The molecule has 0 bridgehead atoms. The number of rotatable bonds is 5. The predicted molar refractivity (Wildman–Crippen MR) is 81.0 cm³/mol. The van der Waals surface area contributed by atoms with Crippen LogP contribution in [0.25, 0.3) is 0 Å². The molecule has 2 rings (SSSR count). The number of aromatic nitrogens is 2. The molecular weight excluding hydrogens is 322 g/mol. The van der Waals surface area contributed by atoms with Gasteiger partial charge in [-0.25, -0.2) is 4.79 Å². The minimum Gasteiger partial charge on any atom is -0.478 e. The molecule has 1 aromatic carbocycles. The number of hydrogen-bond acceptors (Lipinski definition) is 3. The molecule has 6 heteroatoms. The van der Waals surface area contributed by atoms with Crippen LogP contribution in [0.2, 0.25) is 0 Å². The van der Waals surface area contributed by atoms with E-state index in [-0.39, 0.29) is 5.56 Å². The van der Waals surface area contributed by atoms with E-state index < -0.39 is 5.97 Å². The van der Waals surface area contributed by atoms with Crippen LogP contribution in [0.4, 0.5) is 5.69 Å². The SMILES string of the molecule is CCc1cc(Br)ccc1NCc1c(C(=O)O)cnn1C. The zero-order valence-electron chi connectivity index (χ0n) is 11.4. The van der Waals surface area contributed by atoms with E-state index in [9.17, 15) is 4.79 Å². The normalized spacial score (nSPS) is 10.6. The van der Waals surface area contributed by atoms with Crippen molar-refractivity contribution in [3.05, 3.63) is 45.7 Å². The van der Waals surface area contributed by atoms with Gasteiger partial charge in [0.1, 0.15) is 5.56 Å². The molecule has 1 aromatic heterocycles. The summed E-state index contributed by atoms with van der Waals surface area (Å²) in [7, 11) is 1.74. The second-order valence-corrected chi connectivity index (χ2v) is 5.36. The van der Waals surface area contributed by atoms with Gasteiger partial charge < -0.3 is 10.4 Å². The van der Waals surface area contributed by atoms with Gasteiger partial charge in [0.05, 0.1) is 18.4 Å². The first-order valence-corrected chi connectivity index (χ1v) is 7.08. The number of aromatic carboxylic acids is 1. The van der Waals surface area contributed by atoms with Gasteiger partial charge in [-0.1, -0.05) is 22.9 Å². The van der Waals surface area contributed by atoms with Crippen LogP contribution < -0.4 is 5.32 Å². The Balaban J connectivity index is 2.21. The van der Waals surface area contributed by atoms with Gasteiger partial charge >= 0.3 is 5.97 Å². The molecule has 0 spiro atoms. The molecule has 0 saturated heterocycles. The van der Waals surface area contributed by atoms with Crippen molar-refractivity contribution in [3.63, 3.8) is 0 Å². The fraction of sp³-hybridized carbons (Fsp3) is 0.286. The highest BCUT2D eigenvalue weighted by Gasteiger charge is 2.14. The van der Waals surface area contributed by atoms with Crippen molar-refractivity contribution in [2.24, 2.45) is 7.05 Å². The number of benzene rings is 1. The van der Waals surface area contributed by atoms with E-state index in [1.54, 1.807) is 11.7 Å². The van der Waals surface area contributed by atoms with Gasteiger partial charge in [0.15, 0.2) is 0 Å². The van der Waals surface area contributed by atoms with Gasteiger partial charge in [0, 0.05) is 17.2 Å². The van der Waals surface area contributed by atoms with Crippen molar-refractivity contribution in [1.82, 2.24) is 9.78 Å². The van der Waals surface area contributed by atoms with Crippen molar-refractivity contribution in [2.75, 3.05) is 5.32 Å². The van der Waals surface area contributed by atoms with E-state index in [0.717, 1.165) is 16.6 Å². The predicted octanol–water partition coefficient (Wildman–Crippen LogP) is 3.06. The maximum Gasteiger partial charge on any atom is 0.339 e. The third-order valence-corrected chi connectivity index (χ3v) is 3.68. The Morgan fingerprint density at radius 2 is 2.25 bits per heavy atom. The lowest BCUT2D eigenvalue weighted by atomic mass is 10.1. The summed E-state index contributed by atoms with van der Waals surface area (Å²) in [4.78, 5) is 11.1. The van der Waals surface area contributed by atoms with Crippen LogP contribution in [0.1, 0.15) is 28.5 Å². The van der Waals surface area contributed by atoms with Crippen molar-refractivity contribution in [3.8, 4) is 0 Å². The molecule has 20 heavy (non-hydrogen) atoms. The van der Waals surface area contributed by atoms with Crippen LogP contribution in [0.5, 0.6) is 0 Å².